The summed E-state index contributed by atoms with van der Waals surface area (Å²) in [7, 11) is 0. The van der Waals surface area contributed by atoms with E-state index in [1.165, 1.54) is 6.08 Å². The quantitative estimate of drug-likeness (QED) is 0.280. The van der Waals surface area contributed by atoms with Gasteiger partial charge in [-0.2, -0.15) is 0 Å². The van der Waals surface area contributed by atoms with Gasteiger partial charge in [0.25, 0.3) is 0 Å². The van der Waals surface area contributed by atoms with Gasteiger partial charge in [-0.05, 0) is 77.9 Å². The smallest absolute Gasteiger partial charge is 0.336 e. The molecule has 3 aromatic rings. The van der Waals surface area contributed by atoms with E-state index in [2.05, 4.69) is 4.99 Å². The SMILES string of the molecule is O=C(C=Cc1cccc(Cl)c1)Oc1ccc(C=Nc2ccc(O)cc2)cc1. The summed E-state index contributed by atoms with van der Waals surface area (Å²) < 4.78 is 5.27. The molecule has 0 saturated heterocycles. The minimum Gasteiger partial charge on any atom is -0.508 e. The summed E-state index contributed by atoms with van der Waals surface area (Å²) in [6.45, 7) is 0. The number of phenols is 1. The van der Waals surface area contributed by atoms with Crippen LogP contribution in [0.15, 0.2) is 83.9 Å². The predicted molar refractivity (Wildman–Crippen MR) is 108 cm³/mol. The molecule has 0 aromatic heterocycles. The lowest BCUT2D eigenvalue weighted by atomic mass is 10.2. The fraction of sp³-hybridized carbons (Fsp3) is 0. The van der Waals surface area contributed by atoms with Gasteiger partial charge in [0.1, 0.15) is 11.5 Å². The van der Waals surface area contributed by atoms with Crippen molar-refractivity contribution in [1.82, 2.24) is 0 Å². The molecule has 0 saturated carbocycles. The molecule has 0 aliphatic rings. The Bertz CT molecular complexity index is 977. The van der Waals surface area contributed by atoms with Gasteiger partial charge in [-0.1, -0.05) is 23.7 Å². The van der Waals surface area contributed by atoms with Gasteiger partial charge in [0.15, 0.2) is 0 Å². The summed E-state index contributed by atoms with van der Waals surface area (Å²) in [5.41, 5.74) is 2.41. The number of benzene rings is 3. The highest BCUT2D eigenvalue weighted by atomic mass is 35.5. The number of carbonyl (C=O) groups is 1. The Morgan fingerprint density at radius 3 is 2.41 bits per heavy atom. The lowest BCUT2D eigenvalue weighted by Gasteiger charge is -2.02. The monoisotopic (exact) mass is 377 g/mol. The van der Waals surface area contributed by atoms with Crippen molar-refractivity contribution in [3.05, 3.63) is 95.0 Å². The largest absolute Gasteiger partial charge is 0.508 e. The number of rotatable bonds is 5. The molecule has 0 bridgehead atoms. The Morgan fingerprint density at radius 2 is 1.70 bits per heavy atom. The van der Waals surface area contributed by atoms with Crippen molar-refractivity contribution in [1.29, 1.82) is 0 Å². The van der Waals surface area contributed by atoms with E-state index in [9.17, 15) is 9.90 Å². The van der Waals surface area contributed by atoms with Crippen molar-refractivity contribution in [2.45, 2.75) is 0 Å². The third-order valence-corrected chi connectivity index (χ3v) is 3.81. The first-order valence-electron chi connectivity index (χ1n) is 8.17. The summed E-state index contributed by atoms with van der Waals surface area (Å²) in [6.07, 6.45) is 4.69. The summed E-state index contributed by atoms with van der Waals surface area (Å²) in [5.74, 6) is 0.169. The topological polar surface area (TPSA) is 58.9 Å². The second-order valence-corrected chi connectivity index (χ2v) is 6.09. The molecule has 27 heavy (non-hydrogen) atoms. The number of carbonyl (C=O) groups excluding carboxylic acids is 1. The van der Waals surface area contributed by atoms with Gasteiger partial charge < -0.3 is 9.84 Å². The molecule has 0 amide bonds. The average molecular weight is 378 g/mol. The van der Waals surface area contributed by atoms with Crippen LogP contribution in [0, 0.1) is 0 Å². The maximum atomic E-state index is 11.9. The summed E-state index contributed by atoms with van der Waals surface area (Å²) in [6, 6.07) is 20.8. The number of esters is 1. The van der Waals surface area contributed by atoms with Gasteiger partial charge in [-0.15, -0.1) is 0 Å². The molecule has 134 valence electrons. The minimum absolute atomic E-state index is 0.199. The van der Waals surface area contributed by atoms with Gasteiger partial charge in [0.2, 0.25) is 0 Å². The average Bonchev–Trinajstić information content (AvgIpc) is 2.67. The van der Waals surface area contributed by atoms with Crippen LogP contribution in [0.3, 0.4) is 0 Å². The predicted octanol–water partition coefficient (Wildman–Crippen LogP) is 5.42. The van der Waals surface area contributed by atoms with Crippen molar-refractivity contribution in [3.63, 3.8) is 0 Å². The number of halogens is 1. The van der Waals surface area contributed by atoms with Crippen LogP contribution in [-0.2, 0) is 4.79 Å². The molecule has 0 atom stereocenters. The zero-order valence-corrected chi connectivity index (χ0v) is 15.0. The molecule has 3 rings (SSSR count). The lowest BCUT2D eigenvalue weighted by molar-refractivity contribution is -0.128. The fourth-order valence-corrected chi connectivity index (χ4v) is 2.43. The van der Waals surface area contributed by atoms with Crippen molar-refractivity contribution >= 4 is 35.5 Å². The van der Waals surface area contributed by atoms with Crippen LogP contribution in [0.5, 0.6) is 11.5 Å². The van der Waals surface area contributed by atoms with Crippen LogP contribution >= 0.6 is 11.6 Å². The summed E-state index contributed by atoms with van der Waals surface area (Å²) in [4.78, 5) is 16.2. The standard InChI is InChI=1S/C22H16ClNO3/c23-18-3-1-2-16(14-18)6-13-22(26)27-21-11-4-17(5-12-21)15-24-19-7-9-20(25)10-8-19/h1-15,25H. The number of aliphatic imine (C=N–C) groups is 1. The van der Waals surface area contributed by atoms with Gasteiger partial charge >= 0.3 is 5.97 Å². The normalized spacial score (nSPS) is 11.1. The number of ether oxygens (including phenoxy) is 1. The van der Waals surface area contributed by atoms with Crippen LogP contribution in [-0.4, -0.2) is 17.3 Å². The van der Waals surface area contributed by atoms with E-state index in [-0.39, 0.29) is 5.75 Å². The Balaban J connectivity index is 1.58. The molecule has 3 aromatic carbocycles. The van der Waals surface area contributed by atoms with E-state index in [1.54, 1.807) is 73.0 Å². The molecule has 0 fully saturated rings. The number of hydrogen-bond donors (Lipinski definition) is 1. The zero-order valence-electron chi connectivity index (χ0n) is 14.2. The van der Waals surface area contributed by atoms with E-state index < -0.39 is 5.97 Å². The number of aromatic hydroxyl groups is 1. The highest BCUT2D eigenvalue weighted by Gasteiger charge is 2.01. The van der Waals surface area contributed by atoms with Crippen LogP contribution in [0.1, 0.15) is 11.1 Å². The van der Waals surface area contributed by atoms with Gasteiger partial charge in [0, 0.05) is 17.3 Å². The molecular formula is C22H16ClNO3. The summed E-state index contributed by atoms with van der Waals surface area (Å²) >= 11 is 5.90. The van der Waals surface area contributed by atoms with E-state index in [4.69, 9.17) is 16.3 Å². The fourth-order valence-electron chi connectivity index (χ4n) is 2.23. The first-order chi connectivity index (χ1) is 13.1. The van der Waals surface area contributed by atoms with Crippen LogP contribution in [0.25, 0.3) is 6.08 Å². The first-order valence-corrected chi connectivity index (χ1v) is 8.55. The van der Waals surface area contributed by atoms with E-state index in [0.29, 0.717) is 10.8 Å². The Hall–Kier alpha value is -3.37. The van der Waals surface area contributed by atoms with Gasteiger partial charge in [-0.3, -0.25) is 4.99 Å². The third kappa shape index (κ3) is 5.83. The highest BCUT2D eigenvalue weighted by molar-refractivity contribution is 6.30. The highest BCUT2D eigenvalue weighted by Crippen LogP contribution is 2.17. The molecule has 4 nitrogen and oxygen atoms in total. The van der Waals surface area contributed by atoms with E-state index >= 15 is 0 Å². The molecule has 0 heterocycles. The molecule has 5 heteroatoms. The Labute approximate surface area is 162 Å². The number of hydrogen-bond acceptors (Lipinski definition) is 4. The van der Waals surface area contributed by atoms with Crippen molar-refractivity contribution in [2.24, 2.45) is 4.99 Å². The second-order valence-electron chi connectivity index (χ2n) is 5.65. The van der Waals surface area contributed by atoms with Gasteiger partial charge in [0.05, 0.1) is 5.69 Å². The molecule has 0 aliphatic carbocycles. The number of phenolic OH excluding ortho intramolecular Hbond substituents is 1. The molecule has 0 aliphatic heterocycles. The van der Waals surface area contributed by atoms with Gasteiger partial charge in [-0.25, -0.2) is 4.79 Å². The maximum Gasteiger partial charge on any atom is 0.336 e. The molecule has 0 radical (unpaired) electrons. The Kier molecular flexibility index (Phi) is 6.02. The number of nitrogens with zero attached hydrogens (tertiary/aromatic N) is 1. The second kappa shape index (κ2) is 8.83. The minimum atomic E-state index is -0.472. The zero-order chi connectivity index (χ0) is 19.1. The lowest BCUT2D eigenvalue weighted by Crippen LogP contribution is -2.03. The van der Waals surface area contributed by atoms with Crippen LogP contribution < -0.4 is 4.74 Å². The first kappa shape index (κ1) is 18.4. The van der Waals surface area contributed by atoms with Crippen LogP contribution in [0.2, 0.25) is 5.02 Å². The van der Waals surface area contributed by atoms with E-state index in [1.807, 2.05) is 12.1 Å². The van der Waals surface area contributed by atoms with Crippen molar-refractivity contribution in [2.75, 3.05) is 0 Å². The van der Waals surface area contributed by atoms with Crippen molar-refractivity contribution < 1.29 is 14.6 Å². The third-order valence-electron chi connectivity index (χ3n) is 3.57. The maximum absolute atomic E-state index is 11.9. The molecule has 0 spiro atoms. The molecule has 0 unspecified atom stereocenters. The molecular weight excluding hydrogens is 362 g/mol. The summed E-state index contributed by atoms with van der Waals surface area (Å²) in [5, 5.41) is 9.86. The molecule has 1 N–H and O–H groups in total. The van der Waals surface area contributed by atoms with E-state index in [0.717, 1.165) is 16.8 Å². The Morgan fingerprint density at radius 1 is 0.963 bits per heavy atom. The van der Waals surface area contributed by atoms with Crippen molar-refractivity contribution in [3.8, 4) is 11.5 Å². The van der Waals surface area contributed by atoms with Crippen LogP contribution in [0.4, 0.5) is 5.69 Å².